The molecule has 2 aliphatic heterocycles. The number of aryl methyl sites for hydroxylation is 1. The van der Waals surface area contributed by atoms with Gasteiger partial charge in [0.25, 0.3) is 5.91 Å². The van der Waals surface area contributed by atoms with Crippen LogP contribution in [-0.4, -0.2) is 73.3 Å². The molecule has 0 atom stereocenters. The molecular weight excluding hydrogens is 609 g/mol. The van der Waals surface area contributed by atoms with Crippen molar-refractivity contribution in [3.63, 3.8) is 0 Å². The van der Waals surface area contributed by atoms with Gasteiger partial charge in [-0.2, -0.15) is 0 Å². The first-order valence-corrected chi connectivity index (χ1v) is 16.2. The molecule has 0 unspecified atom stereocenters. The quantitative estimate of drug-likeness (QED) is 0.223. The highest BCUT2D eigenvalue weighted by atomic mass is 19.1. The third-order valence-corrected chi connectivity index (χ3v) is 9.53. The fourth-order valence-electron chi connectivity index (χ4n) is 7.08. The van der Waals surface area contributed by atoms with Crippen molar-refractivity contribution in [1.82, 2.24) is 34.8 Å². The van der Waals surface area contributed by atoms with Gasteiger partial charge in [-0.3, -0.25) is 14.3 Å². The number of amides is 2. The van der Waals surface area contributed by atoms with Gasteiger partial charge in [-0.15, -0.1) is 5.10 Å². The fraction of sp³-hybridized carbons (Fsp3) is 0.243. The van der Waals surface area contributed by atoms with Crippen LogP contribution in [0.15, 0.2) is 79.1 Å². The van der Waals surface area contributed by atoms with Crippen molar-refractivity contribution in [2.75, 3.05) is 26.7 Å². The molecule has 2 N–H and O–H groups in total. The zero-order chi connectivity index (χ0) is 32.8. The molecule has 242 valence electrons. The molecule has 0 aliphatic carbocycles. The average molecular weight is 644 g/mol. The van der Waals surface area contributed by atoms with E-state index >= 15 is 4.39 Å². The van der Waals surface area contributed by atoms with E-state index in [9.17, 15) is 9.59 Å². The molecule has 0 saturated carbocycles. The highest BCUT2D eigenvalue weighted by Crippen LogP contribution is 2.40. The number of rotatable bonds is 7. The monoisotopic (exact) mass is 643 g/mol. The van der Waals surface area contributed by atoms with Gasteiger partial charge in [-0.1, -0.05) is 47.7 Å². The number of hydrogen-bond donors (Lipinski definition) is 2. The summed E-state index contributed by atoms with van der Waals surface area (Å²) in [6.07, 6.45) is 6.88. The number of ether oxygens (including phenoxy) is 1. The largest absolute Gasteiger partial charge is 0.496 e. The number of aromatic nitrogens is 5. The molecule has 6 aromatic rings. The zero-order valence-corrected chi connectivity index (χ0v) is 26.5. The number of halogens is 1. The Hall–Kier alpha value is -5.71. The maximum atomic E-state index is 16.7. The van der Waals surface area contributed by atoms with E-state index in [-0.39, 0.29) is 30.3 Å². The van der Waals surface area contributed by atoms with Gasteiger partial charge >= 0.3 is 0 Å². The van der Waals surface area contributed by atoms with E-state index in [0.717, 1.165) is 38.9 Å². The van der Waals surface area contributed by atoms with Crippen molar-refractivity contribution in [2.45, 2.75) is 32.4 Å². The van der Waals surface area contributed by atoms with Crippen molar-refractivity contribution < 1.29 is 18.7 Å². The number of para-hydroxylation sites is 2. The summed E-state index contributed by atoms with van der Waals surface area (Å²) in [6.45, 7) is 2.27. The molecule has 10 nitrogen and oxygen atoms in total. The van der Waals surface area contributed by atoms with Gasteiger partial charge in [0.15, 0.2) is 5.82 Å². The molecule has 5 heterocycles. The first-order valence-electron chi connectivity index (χ1n) is 16.2. The first-order chi connectivity index (χ1) is 23.5. The molecule has 2 amide bonds. The highest BCUT2D eigenvalue weighted by Gasteiger charge is 2.29. The Kier molecular flexibility index (Phi) is 7.51. The Bertz CT molecular complexity index is 2220. The van der Waals surface area contributed by atoms with Crippen LogP contribution in [0.3, 0.4) is 0 Å². The molecule has 3 aromatic heterocycles. The summed E-state index contributed by atoms with van der Waals surface area (Å²) in [6, 6.07) is 19.3. The lowest BCUT2D eigenvalue weighted by molar-refractivity contribution is -0.131. The predicted octanol–water partition coefficient (Wildman–Crippen LogP) is 5.96. The number of benzene rings is 3. The van der Waals surface area contributed by atoms with Crippen molar-refractivity contribution >= 4 is 39.2 Å². The highest BCUT2D eigenvalue weighted by molar-refractivity contribution is 6.05. The molecule has 11 heteroatoms. The van der Waals surface area contributed by atoms with Gasteiger partial charge in [-0.05, 0) is 41.8 Å². The van der Waals surface area contributed by atoms with Gasteiger partial charge in [0.05, 0.1) is 25.4 Å². The van der Waals surface area contributed by atoms with Crippen LogP contribution in [0.1, 0.15) is 40.2 Å². The second-order valence-electron chi connectivity index (χ2n) is 12.3. The second kappa shape index (κ2) is 12.1. The lowest BCUT2D eigenvalue weighted by Crippen LogP contribution is -2.36. The zero-order valence-electron chi connectivity index (χ0n) is 26.5. The van der Waals surface area contributed by atoms with E-state index in [1.807, 2.05) is 59.5 Å². The Labute approximate surface area is 275 Å². The summed E-state index contributed by atoms with van der Waals surface area (Å²) in [4.78, 5) is 37.5. The topological polar surface area (TPSA) is 112 Å². The summed E-state index contributed by atoms with van der Waals surface area (Å²) < 4.78 is 24.0. The van der Waals surface area contributed by atoms with Crippen LogP contribution in [0.25, 0.3) is 38.5 Å². The van der Waals surface area contributed by atoms with Gasteiger partial charge < -0.3 is 24.5 Å². The Morgan fingerprint density at radius 1 is 0.938 bits per heavy atom. The maximum absolute atomic E-state index is 16.7. The normalized spacial score (nSPS) is 14.8. The van der Waals surface area contributed by atoms with Crippen LogP contribution in [0.5, 0.6) is 5.75 Å². The molecule has 3 aromatic carbocycles. The number of hydrogen-bond acceptors (Lipinski definition) is 5. The second-order valence-corrected chi connectivity index (χ2v) is 12.3. The van der Waals surface area contributed by atoms with Crippen molar-refractivity contribution in [1.29, 1.82) is 0 Å². The number of carbonyl (C=O) groups is 2. The fourth-order valence-corrected chi connectivity index (χ4v) is 7.08. The van der Waals surface area contributed by atoms with E-state index in [0.29, 0.717) is 61.4 Å². The molecule has 0 spiro atoms. The predicted molar refractivity (Wildman–Crippen MR) is 181 cm³/mol. The number of carbonyl (C=O) groups excluding carboxylic acids is 2. The molecule has 48 heavy (non-hydrogen) atoms. The molecule has 0 radical (unpaired) electrons. The molecule has 0 fully saturated rings. The van der Waals surface area contributed by atoms with E-state index < -0.39 is 5.82 Å². The molecule has 8 rings (SSSR count). The lowest BCUT2D eigenvalue weighted by Gasteiger charge is -2.28. The average Bonchev–Trinajstić information content (AvgIpc) is 3.90. The number of nitrogens with one attached hydrogen (secondary N) is 2. The van der Waals surface area contributed by atoms with Gasteiger partial charge in [0.2, 0.25) is 5.91 Å². The lowest BCUT2D eigenvalue weighted by atomic mass is 9.93. The Morgan fingerprint density at radius 2 is 1.79 bits per heavy atom. The SMILES string of the molecule is COc1ccccc1-c1cc(C2=CCCN(C(=O)CCn3ccnn3)C2)c(F)c2[nH]c(C(=O)N3CCc4[nH]c5ccccc5c4C3)cc12. The maximum Gasteiger partial charge on any atom is 0.270 e. The smallest absolute Gasteiger partial charge is 0.270 e. The summed E-state index contributed by atoms with van der Waals surface area (Å²) >= 11 is 0. The van der Waals surface area contributed by atoms with Crippen LogP contribution in [0, 0.1) is 5.82 Å². The number of H-pyrrole nitrogens is 2. The van der Waals surface area contributed by atoms with E-state index in [1.165, 1.54) is 0 Å². The van der Waals surface area contributed by atoms with Crippen LogP contribution in [0.2, 0.25) is 0 Å². The van der Waals surface area contributed by atoms with E-state index in [1.54, 1.807) is 35.2 Å². The summed E-state index contributed by atoms with van der Waals surface area (Å²) in [7, 11) is 1.61. The first kappa shape index (κ1) is 29.7. The number of methoxy groups -OCH3 is 1. The molecule has 0 saturated heterocycles. The van der Waals surface area contributed by atoms with E-state index in [2.05, 4.69) is 26.3 Å². The Morgan fingerprint density at radius 3 is 2.65 bits per heavy atom. The minimum absolute atomic E-state index is 0.0322. The van der Waals surface area contributed by atoms with Crippen molar-refractivity contribution in [3.05, 3.63) is 107 Å². The van der Waals surface area contributed by atoms with Gasteiger partial charge in [-0.25, -0.2) is 4.39 Å². The van der Waals surface area contributed by atoms with Crippen LogP contribution in [-0.2, 0) is 24.3 Å². The molecule has 2 aliphatic rings. The number of nitrogens with zero attached hydrogens (tertiary/aromatic N) is 5. The van der Waals surface area contributed by atoms with Crippen LogP contribution in [0.4, 0.5) is 4.39 Å². The van der Waals surface area contributed by atoms with Gasteiger partial charge in [0.1, 0.15) is 11.4 Å². The summed E-state index contributed by atoms with van der Waals surface area (Å²) in [5, 5.41) is 9.45. The third-order valence-electron chi connectivity index (χ3n) is 9.53. The van der Waals surface area contributed by atoms with Crippen LogP contribution < -0.4 is 4.74 Å². The minimum atomic E-state index is -0.455. The van der Waals surface area contributed by atoms with Crippen LogP contribution >= 0.6 is 0 Å². The van der Waals surface area contributed by atoms with Gasteiger partial charge in [0, 0.05) is 83.9 Å². The molecule has 0 bridgehead atoms. The third kappa shape index (κ3) is 5.21. The summed E-state index contributed by atoms with van der Waals surface area (Å²) in [5.41, 5.74) is 6.53. The van der Waals surface area contributed by atoms with Crippen molar-refractivity contribution in [2.24, 2.45) is 0 Å². The standard InChI is InChI=1S/C37H34FN7O3/c1-48-33-11-5-3-9-25(33)27-19-26(23-7-6-15-43(21-23)34(46)13-17-45-18-14-39-42-45)35(38)36-28(27)20-32(41-36)37(47)44-16-12-31-29(22-44)24-8-2-4-10-30(24)40-31/h2-5,7-11,14,18-20,40-41H,6,12-13,15-17,21-22H2,1H3. The minimum Gasteiger partial charge on any atom is -0.496 e. The van der Waals surface area contributed by atoms with E-state index in [4.69, 9.17) is 4.74 Å². The van der Waals surface area contributed by atoms with Crippen molar-refractivity contribution in [3.8, 4) is 16.9 Å². The number of fused-ring (bicyclic) bond motifs is 4. The number of aromatic amines is 2. The molecular formula is C37H34FN7O3. The summed E-state index contributed by atoms with van der Waals surface area (Å²) in [5.74, 6) is -0.0374. The Balaban J connectivity index is 1.15.